The van der Waals surface area contributed by atoms with Gasteiger partial charge in [0.2, 0.25) is 0 Å². The first-order valence-electron chi connectivity index (χ1n) is 9.04. The van der Waals surface area contributed by atoms with Gasteiger partial charge in [0.1, 0.15) is 5.69 Å². The van der Waals surface area contributed by atoms with Crippen LogP contribution in [0.4, 0.5) is 0 Å². The first-order valence-corrected chi connectivity index (χ1v) is 9.92. The molecule has 134 valence electrons. The number of thiazole rings is 1. The number of nitrogens with one attached hydrogen (secondary N) is 1. The molecule has 2 heterocycles. The molecule has 0 saturated carbocycles. The summed E-state index contributed by atoms with van der Waals surface area (Å²) >= 11 is 1.57. The van der Waals surface area contributed by atoms with Gasteiger partial charge in [-0.1, -0.05) is 31.2 Å². The minimum Gasteiger partial charge on any atom is -0.349 e. The molecule has 5 heteroatoms. The van der Waals surface area contributed by atoms with E-state index < -0.39 is 0 Å². The van der Waals surface area contributed by atoms with Crippen molar-refractivity contribution >= 4 is 17.2 Å². The van der Waals surface area contributed by atoms with E-state index in [1.165, 1.54) is 11.1 Å². The summed E-state index contributed by atoms with van der Waals surface area (Å²) in [6.45, 7) is 9.11. The molecule has 25 heavy (non-hydrogen) atoms. The summed E-state index contributed by atoms with van der Waals surface area (Å²) in [5.41, 5.74) is 3.31. The number of carbonyl (C=O) groups is 1. The van der Waals surface area contributed by atoms with E-state index in [1.807, 2.05) is 5.38 Å². The van der Waals surface area contributed by atoms with Crippen molar-refractivity contribution in [2.24, 2.45) is 0 Å². The average Bonchev–Trinajstić information content (AvgIpc) is 3.08. The second-order valence-electron chi connectivity index (χ2n) is 7.31. The Kier molecular flexibility index (Phi) is 5.54. The molecule has 1 aromatic carbocycles. The van der Waals surface area contributed by atoms with Gasteiger partial charge in [0.15, 0.2) is 0 Å². The van der Waals surface area contributed by atoms with Crippen LogP contribution in [0, 0.1) is 0 Å². The number of nitrogens with zero attached hydrogens (tertiary/aromatic N) is 2. The van der Waals surface area contributed by atoms with E-state index in [-0.39, 0.29) is 11.4 Å². The summed E-state index contributed by atoms with van der Waals surface area (Å²) in [6, 6.07) is 8.64. The summed E-state index contributed by atoms with van der Waals surface area (Å²) in [5, 5.41) is 5.99. The fraction of sp³-hybridized carbons (Fsp3) is 0.500. The first kappa shape index (κ1) is 18.1. The van der Waals surface area contributed by atoms with Crippen LogP contribution < -0.4 is 5.32 Å². The Morgan fingerprint density at radius 1 is 1.32 bits per heavy atom. The maximum atomic E-state index is 12.4. The molecule has 0 radical (unpaired) electrons. The van der Waals surface area contributed by atoms with Gasteiger partial charge in [-0.3, -0.25) is 9.69 Å². The van der Waals surface area contributed by atoms with E-state index in [4.69, 9.17) is 0 Å². The third kappa shape index (κ3) is 4.28. The van der Waals surface area contributed by atoms with Gasteiger partial charge in [0.25, 0.3) is 5.91 Å². The Balaban J connectivity index is 1.59. The van der Waals surface area contributed by atoms with E-state index in [0.717, 1.165) is 37.4 Å². The molecule has 1 N–H and O–H groups in total. The van der Waals surface area contributed by atoms with Gasteiger partial charge in [0, 0.05) is 30.6 Å². The highest BCUT2D eigenvalue weighted by atomic mass is 32.1. The minimum atomic E-state index is -0.0918. The third-order valence-electron chi connectivity index (χ3n) is 4.92. The monoisotopic (exact) mass is 357 g/mol. The molecule has 1 amide bonds. The molecule has 0 atom stereocenters. The number of rotatable bonds is 6. The molecular weight excluding hydrogens is 330 g/mol. The maximum Gasteiger partial charge on any atom is 0.270 e. The number of carbonyl (C=O) groups excluding carboxylic acids is 1. The van der Waals surface area contributed by atoms with Crippen LogP contribution in [-0.2, 0) is 19.4 Å². The van der Waals surface area contributed by atoms with E-state index >= 15 is 0 Å². The lowest BCUT2D eigenvalue weighted by atomic mass is 9.94. The topological polar surface area (TPSA) is 45.2 Å². The summed E-state index contributed by atoms with van der Waals surface area (Å²) in [6.07, 6.45) is 3.06. The zero-order chi connectivity index (χ0) is 17.9. The summed E-state index contributed by atoms with van der Waals surface area (Å²) in [5.74, 6) is -0.0657. The van der Waals surface area contributed by atoms with Crippen LogP contribution in [0.2, 0.25) is 0 Å². The molecule has 3 rings (SSSR count). The highest BCUT2D eigenvalue weighted by molar-refractivity contribution is 7.09. The quantitative estimate of drug-likeness (QED) is 0.858. The molecule has 0 bridgehead atoms. The van der Waals surface area contributed by atoms with Gasteiger partial charge in [-0.05, 0) is 44.2 Å². The Labute approximate surface area is 154 Å². The lowest BCUT2D eigenvalue weighted by Gasteiger charge is -2.41. The van der Waals surface area contributed by atoms with Crippen LogP contribution in [0.25, 0.3) is 0 Å². The molecule has 1 aliphatic heterocycles. The highest BCUT2D eigenvalue weighted by Gasteiger charge is 2.30. The normalized spacial score (nSPS) is 15.0. The van der Waals surface area contributed by atoms with Crippen LogP contribution in [0.15, 0.2) is 29.6 Å². The van der Waals surface area contributed by atoms with Crippen molar-refractivity contribution in [3.63, 3.8) is 0 Å². The number of aryl methyl sites for hydroxylation is 1. The fourth-order valence-electron chi connectivity index (χ4n) is 3.26. The van der Waals surface area contributed by atoms with Crippen molar-refractivity contribution in [2.75, 3.05) is 13.1 Å². The van der Waals surface area contributed by atoms with Gasteiger partial charge in [-0.15, -0.1) is 11.3 Å². The van der Waals surface area contributed by atoms with E-state index in [9.17, 15) is 4.79 Å². The Hall–Kier alpha value is -1.72. The molecule has 0 saturated heterocycles. The lowest BCUT2D eigenvalue weighted by Crippen LogP contribution is -2.53. The number of aromatic nitrogens is 1. The van der Waals surface area contributed by atoms with Gasteiger partial charge in [0.05, 0.1) is 5.01 Å². The molecule has 1 aromatic heterocycles. The Bertz CT molecular complexity index is 738. The molecule has 0 unspecified atom stereocenters. The van der Waals surface area contributed by atoms with Crippen LogP contribution in [0.3, 0.4) is 0 Å². The van der Waals surface area contributed by atoms with Crippen molar-refractivity contribution in [3.05, 3.63) is 51.5 Å². The van der Waals surface area contributed by atoms with Crippen LogP contribution >= 0.6 is 11.3 Å². The zero-order valence-electron chi connectivity index (χ0n) is 15.3. The minimum absolute atomic E-state index is 0.0657. The molecule has 0 aliphatic carbocycles. The second-order valence-corrected chi connectivity index (χ2v) is 8.25. The van der Waals surface area contributed by atoms with Gasteiger partial charge >= 0.3 is 0 Å². The van der Waals surface area contributed by atoms with Crippen molar-refractivity contribution in [2.45, 2.75) is 52.1 Å². The second kappa shape index (κ2) is 7.67. The van der Waals surface area contributed by atoms with Crippen molar-refractivity contribution in [1.82, 2.24) is 15.2 Å². The van der Waals surface area contributed by atoms with Gasteiger partial charge in [-0.2, -0.15) is 0 Å². The van der Waals surface area contributed by atoms with Crippen LogP contribution in [0.5, 0.6) is 0 Å². The molecule has 0 spiro atoms. The largest absolute Gasteiger partial charge is 0.349 e. The summed E-state index contributed by atoms with van der Waals surface area (Å²) < 4.78 is 0. The Morgan fingerprint density at radius 2 is 2.08 bits per heavy atom. The number of fused-ring (bicyclic) bond motifs is 1. The standard InChI is InChI=1S/C20H27N3OS/c1-4-7-18-22-17(13-25-18)19(24)21-14-20(2,3)23-11-10-15-8-5-6-9-16(15)12-23/h5-6,8-9,13H,4,7,10-12,14H2,1-3H3,(H,21,24). The van der Waals surface area contributed by atoms with E-state index in [1.54, 1.807) is 11.3 Å². The molecule has 1 aliphatic rings. The third-order valence-corrected chi connectivity index (χ3v) is 5.83. The van der Waals surface area contributed by atoms with Gasteiger partial charge in [-0.25, -0.2) is 4.98 Å². The van der Waals surface area contributed by atoms with E-state index in [2.05, 4.69) is 60.2 Å². The first-order chi connectivity index (χ1) is 12.0. The maximum absolute atomic E-state index is 12.4. The van der Waals surface area contributed by atoms with Crippen molar-refractivity contribution in [3.8, 4) is 0 Å². The molecule has 0 fully saturated rings. The predicted molar refractivity (Wildman–Crippen MR) is 103 cm³/mol. The van der Waals surface area contributed by atoms with Crippen LogP contribution in [-0.4, -0.2) is 34.4 Å². The SMILES string of the molecule is CCCc1nc(C(=O)NCC(C)(C)N2CCc3ccccc3C2)cs1. The summed E-state index contributed by atoms with van der Waals surface area (Å²) in [7, 11) is 0. The van der Waals surface area contributed by atoms with Crippen molar-refractivity contribution in [1.29, 1.82) is 0 Å². The number of hydrogen-bond acceptors (Lipinski definition) is 4. The predicted octanol–water partition coefficient (Wildman–Crippen LogP) is 3.66. The smallest absolute Gasteiger partial charge is 0.270 e. The molecule has 4 nitrogen and oxygen atoms in total. The zero-order valence-corrected chi connectivity index (χ0v) is 16.2. The average molecular weight is 358 g/mol. The Morgan fingerprint density at radius 3 is 2.84 bits per heavy atom. The fourth-order valence-corrected chi connectivity index (χ4v) is 4.14. The number of benzene rings is 1. The lowest BCUT2D eigenvalue weighted by molar-refractivity contribution is 0.0823. The molecular formula is C20H27N3OS. The van der Waals surface area contributed by atoms with E-state index in [0.29, 0.717) is 12.2 Å². The van der Waals surface area contributed by atoms with Crippen molar-refractivity contribution < 1.29 is 4.79 Å². The highest BCUT2D eigenvalue weighted by Crippen LogP contribution is 2.25. The van der Waals surface area contributed by atoms with Gasteiger partial charge < -0.3 is 5.32 Å². The summed E-state index contributed by atoms with van der Waals surface area (Å²) in [4.78, 5) is 19.3. The molecule has 2 aromatic rings. The number of hydrogen-bond donors (Lipinski definition) is 1. The number of amides is 1. The van der Waals surface area contributed by atoms with Crippen LogP contribution in [0.1, 0.15) is 53.8 Å².